The van der Waals surface area contributed by atoms with Gasteiger partial charge in [-0.3, -0.25) is 14.5 Å². The molecule has 0 radical (unpaired) electrons. The molecule has 168 valence electrons. The van der Waals surface area contributed by atoms with Crippen molar-refractivity contribution in [1.82, 2.24) is 9.80 Å². The summed E-state index contributed by atoms with van der Waals surface area (Å²) in [6.45, 7) is 2.03. The van der Waals surface area contributed by atoms with Gasteiger partial charge in [0.2, 0.25) is 5.91 Å². The Morgan fingerprint density at radius 1 is 0.906 bits per heavy atom. The number of carbonyl (C=O) groups is 3. The predicted octanol–water partition coefficient (Wildman–Crippen LogP) is 3.37. The maximum Gasteiger partial charge on any atom is 0.326 e. The zero-order valence-electron chi connectivity index (χ0n) is 18.1. The van der Waals surface area contributed by atoms with Crippen molar-refractivity contribution in [3.63, 3.8) is 0 Å². The summed E-state index contributed by atoms with van der Waals surface area (Å²) in [4.78, 5) is 41.2. The number of nitrogens with zero attached hydrogens (tertiary/aromatic N) is 2. The molecule has 0 aromatic heterocycles. The van der Waals surface area contributed by atoms with Gasteiger partial charge in [0, 0.05) is 24.3 Å². The van der Waals surface area contributed by atoms with E-state index in [0.29, 0.717) is 24.2 Å². The SMILES string of the molecule is O=C(Nc1cccc(C(=O)N2CCCC[C@H]2C(=O)O)c1)[C@@H]1CCCN1Cc1ccccc1. The Bertz CT molecular complexity index is 978. The Kier molecular flexibility index (Phi) is 6.85. The van der Waals surface area contributed by atoms with Crippen LogP contribution in [0.1, 0.15) is 48.0 Å². The summed E-state index contributed by atoms with van der Waals surface area (Å²) in [5.41, 5.74) is 2.12. The van der Waals surface area contributed by atoms with Gasteiger partial charge in [0.1, 0.15) is 6.04 Å². The third-order valence-electron chi connectivity index (χ3n) is 6.32. The second-order valence-corrected chi connectivity index (χ2v) is 8.53. The molecule has 0 saturated carbocycles. The summed E-state index contributed by atoms with van der Waals surface area (Å²) in [5, 5.41) is 12.4. The highest BCUT2D eigenvalue weighted by atomic mass is 16.4. The largest absolute Gasteiger partial charge is 0.480 e. The fraction of sp³-hybridized carbons (Fsp3) is 0.400. The first-order chi connectivity index (χ1) is 15.5. The summed E-state index contributed by atoms with van der Waals surface area (Å²) in [7, 11) is 0. The van der Waals surface area contributed by atoms with Gasteiger partial charge in [0.15, 0.2) is 0 Å². The lowest BCUT2D eigenvalue weighted by Gasteiger charge is -2.33. The van der Waals surface area contributed by atoms with E-state index in [1.807, 2.05) is 18.2 Å². The van der Waals surface area contributed by atoms with Gasteiger partial charge in [-0.1, -0.05) is 36.4 Å². The van der Waals surface area contributed by atoms with Crippen molar-refractivity contribution in [1.29, 1.82) is 0 Å². The maximum atomic E-state index is 13.0. The monoisotopic (exact) mass is 435 g/mol. The van der Waals surface area contributed by atoms with Crippen LogP contribution in [0.3, 0.4) is 0 Å². The summed E-state index contributed by atoms with van der Waals surface area (Å²) in [6, 6.07) is 15.9. The zero-order valence-corrected chi connectivity index (χ0v) is 18.1. The van der Waals surface area contributed by atoms with Crippen molar-refractivity contribution in [2.75, 3.05) is 18.4 Å². The molecule has 7 heteroatoms. The lowest BCUT2D eigenvalue weighted by molar-refractivity contribution is -0.143. The molecule has 2 aliphatic heterocycles. The number of hydrogen-bond acceptors (Lipinski definition) is 4. The van der Waals surface area contributed by atoms with Gasteiger partial charge < -0.3 is 15.3 Å². The van der Waals surface area contributed by atoms with Gasteiger partial charge in [-0.15, -0.1) is 0 Å². The fourth-order valence-corrected chi connectivity index (χ4v) is 4.68. The van der Waals surface area contributed by atoms with E-state index < -0.39 is 12.0 Å². The predicted molar refractivity (Wildman–Crippen MR) is 121 cm³/mol. The van der Waals surface area contributed by atoms with Crippen molar-refractivity contribution >= 4 is 23.5 Å². The number of anilines is 1. The molecule has 2 amide bonds. The molecule has 2 aliphatic rings. The molecule has 2 fully saturated rings. The second-order valence-electron chi connectivity index (χ2n) is 8.53. The molecule has 2 atom stereocenters. The van der Waals surface area contributed by atoms with Gasteiger partial charge in [-0.05, 0) is 62.4 Å². The van der Waals surface area contributed by atoms with E-state index in [1.54, 1.807) is 24.3 Å². The van der Waals surface area contributed by atoms with Crippen LogP contribution in [-0.4, -0.2) is 57.9 Å². The highest BCUT2D eigenvalue weighted by Gasteiger charge is 2.33. The van der Waals surface area contributed by atoms with E-state index in [4.69, 9.17) is 0 Å². The average molecular weight is 436 g/mol. The summed E-state index contributed by atoms with van der Waals surface area (Å²) in [6.07, 6.45) is 3.83. The van der Waals surface area contributed by atoms with E-state index in [1.165, 1.54) is 10.5 Å². The number of hydrogen-bond donors (Lipinski definition) is 2. The molecule has 2 saturated heterocycles. The number of rotatable bonds is 6. The molecule has 7 nitrogen and oxygen atoms in total. The van der Waals surface area contributed by atoms with Crippen LogP contribution in [0.25, 0.3) is 0 Å². The second kappa shape index (κ2) is 9.96. The number of carboxylic acid groups (broad SMARTS) is 1. The number of amides is 2. The van der Waals surface area contributed by atoms with Crippen LogP contribution in [0, 0.1) is 0 Å². The number of likely N-dealkylation sites (tertiary alicyclic amines) is 2. The molecular weight excluding hydrogens is 406 g/mol. The van der Waals surface area contributed by atoms with Crippen molar-refractivity contribution in [2.45, 2.75) is 50.7 Å². The number of piperidine rings is 1. The first kappa shape index (κ1) is 22.0. The van der Waals surface area contributed by atoms with Gasteiger partial charge in [-0.2, -0.15) is 0 Å². The fourth-order valence-electron chi connectivity index (χ4n) is 4.68. The first-order valence-electron chi connectivity index (χ1n) is 11.3. The van der Waals surface area contributed by atoms with Crippen LogP contribution in [-0.2, 0) is 16.1 Å². The molecule has 2 heterocycles. The molecule has 0 unspecified atom stereocenters. The summed E-state index contributed by atoms with van der Waals surface area (Å²) < 4.78 is 0. The Morgan fingerprint density at radius 2 is 1.69 bits per heavy atom. The summed E-state index contributed by atoms with van der Waals surface area (Å²) >= 11 is 0. The van der Waals surface area contributed by atoms with Crippen LogP contribution in [0.2, 0.25) is 0 Å². The van der Waals surface area contributed by atoms with Crippen LogP contribution in [0.15, 0.2) is 54.6 Å². The van der Waals surface area contributed by atoms with Crippen LogP contribution >= 0.6 is 0 Å². The van der Waals surface area contributed by atoms with Crippen molar-refractivity contribution < 1.29 is 19.5 Å². The van der Waals surface area contributed by atoms with Crippen LogP contribution in [0.4, 0.5) is 5.69 Å². The zero-order chi connectivity index (χ0) is 22.5. The first-order valence-corrected chi connectivity index (χ1v) is 11.3. The third-order valence-corrected chi connectivity index (χ3v) is 6.32. The molecule has 32 heavy (non-hydrogen) atoms. The minimum atomic E-state index is -0.970. The maximum absolute atomic E-state index is 13.0. The van der Waals surface area contributed by atoms with Gasteiger partial charge in [-0.25, -0.2) is 4.79 Å². The highest BCUT2D eigenvalue weighted by molar-refractivity contribution is 5.99. The molecule has 2 aromatic rings. The lowest BCUT2D eigenvalue weighted by Crippen LogP contribution is -2.48. The molecule has 2 aromatic carbocycles. The number of nitrogens with one attached hydrogen (secondary N) is 1. The normalized spacial score (nSPS) is 21.3. The molecule has 0 spiro atoms. The van der Waals surface area contributed by atoms with Gasteiger partial charge >= 0.3 is 5.97 Å². The number of benzene rings is 2. The number of aliphatic carboxylic acids is 1. The third kappa shape index (κ3) is 4.99. The minimum Gasteiger partial charge on any atom is -0.480 e. The molecule has 4 rings (SSSR count). The van der Waals surface area contributed by atoms with Crippen LogP contribution in [0.5, 0.6) is 0 Å². The van der Waals surface area contributed by atoms with E-state index in [-0.39, 0.29) is 17.9 Å². The standard InChI is InChI=1S/C25H29N3O4/c29-23(21-13-7-14-27(21)17-18-8-2-1-3-9-18)26-20-11-6-10-19(16-20)24(30)28-15-5-4-12-22(28)25(31)32/h1-3,6,8-11,16,21-22H,4-5,7,12-15,17H2,(H,26,29)(H,31,32)/t21-,22-/m0/s1. The van der Waals surface area contributed by atoms with Crippen molar-refractivity contribution in [3.8, 4) is 0 Å². The molecule has 0 bridgehead atoms. The van der Waals surface area contributed by atoms with E-state index >= 15 is 0 Å². The van der Waals surface area contributed by atoms with Crippen LogP contribution < -0.4 is 5.32 Å². The Morgan fingerprint density at radius 3 is 2.47 bits per heavy atom. The number of carbonyl (C=O) groups excluding carboxylic acids is 2. The molecular formula is C25H29N3O4. The van der Waals surface area contributed by atoms with Crippen molar-refractivity contribution in [2.24, 2.45) is 0 Å². The lowest BCUT2D eigenvalue weighted by atomic mass is 10.0. The van der Waals surface area contributed by atoms with E-state index in [2.05, 4.69) is 22.3 Å². The van der Waals surface area contributed by atoms with Crippen molar-refractivity contribution in [3.05, 3.63) is 65.7 Å². The minimum absolute atomic E-state index is 0.0792. The van der Waals surface area contributed by atoms with E-state index in [9.17, 15) is 19.5 Å². The molecule has 0 aliphatic carbocycles. The van der Waals surface area contributed by atoms with Gasteiger partial charge in [0.25, 0.3) is 5.91 Å². The molecule has 2 N–H and O–H groups in total. The van der Waals surface area contributed by atoms with Gasteiger partial charge in [0.05, 0.1) is 6.04 Å². The highest BCUT2D eigenvalue weighted by Crippen LogP contribution is 2.24. The summed E-state index contributed by atoms with van der Waals surface area (Å²) in [5.74, 6) is -1.36. The topological polar surface area (TPSA) is 90.0 Å². The Balaban J connectivity index is 1.43. The Hall–Kier alpha value is -3.19. The Labute approximate surface area is 188 Å². The smallest absolute Gasteiger partial charge is 0.326 e. The number of carboxylic acids is 1. The average Bonchev–Trinajstić information content (AvgIpc) is 3.27. The van der Waals surface area contributed by atoms with E-state index in [0.717, 1.165) is 38.8 Å². The quantitative estimate of drug-likeness (QED) is 0.726.